The Bertz CT molecular complexity index is 883. The van der Waals surface area contributed by atoms with Crippen molar-refractivity contribution in [3.05, 3.63) is 47.1 Å². The fourth-order valence-electron chi connectivity index (χ4n) is 4.09. The van der Waals surface area contributed by atoms with Crippen molar-refractivity contribution in [3.63, 3.8) is 0 Å². The van der Waals surface area contributed by atoms with Gasteiger partial charge in [0.2, 0.25) is 11.4 Å². The first-order chi connectivity index (χ1) is 16.1. The SMILES string of the molecule is C\C=C(/C=C(C)/C=C/CC/C=C(\C)C(=O)[C@]1(C#N)O[C@H]1[C@H](C)O[Si](CC)(CC)CC)C(=O)OC. The maximum atomic E-state index is 13.0. The normalized spacial score (nSPS) is 22.4. The third-order valence-electron chi connectivity index (χ3n) is 6.59. The number of carbonyl (C=O) groups is 2. The molecule has 7 heteroatoms. The van der Waals surface area contributed by atoms with E-state index in [1.165, 1.54) is 7.11 Å². The van der Waals surface area contributed by atoms with Crippen LogP contribution < -0.4 is 0 Å². The molecule has 1 fully saturated rings. The summed E-state index contributed by atoms with van der Waals surface area (Å²) in [7, 11) is -0.501. The number of unbranched alkanes of at least 4 members (excludes halogenated alkanes) is 1. The fourth-order valence-corrected chi connectivity index (χ4v) is 7.01. The summed E-state index contributed by atoms with van der Waals surface area (Å²) in [4.78, 5) is 24.7. The Morgan fingerprint density at radius 3 is 2.29 bits per heavy atom. The summed E-state index contributed by atoms with van der Waals surface area (Å²) < 4.78 is 16.9. The first-order valence-corrected chi connectivity index (χ1v) is 14.7. The highest BCUT2D eigenvalue weighted by Crippen LogP contribution is 2.43. The van der Waals surface area contributed by atoms with Crippen LogP contribution in [-0.4, -0.2) is 45.0 Å². The van der Waals surface area contributed by atoms with Crippen LogP contribution in [0.1, 0.15) is 61.3 Å². The van der Waals surface area contributed by atoms with Crippen molar-refractivity contribution >= 4 is 20.1 Å². The number of Topliss-reactive ketones (excluding diaryl/α,β-unsaturated/α-hetero) is 1. The number of carbonyl (C=O) groups excluding carboxylic acids is 2. The molecule has 188 valence electrons. The molecular weight excluding hydrogens is 446 g/mol. The van der Waals surface area contributed by atoms with E-state index >= 15 is 0 Å². The summed E-state index contributed by atoms with van der Waals surface area (Å²) >= 11 is 0. The third-order valence-corrected chi connectivity index (χ3v) is 11.3. The average Bonchev–Trinajstić information content (AvgIpc) is 3.60. The number of methoxy groups -OCH3 is 1. The van der Waals surface area contributed by atoms with Gasteiger partial charge in [0.05, 0.1) is 18.8 Å². The van der Waals surface area contributed by atoms with E-state index in [0.29, 0.717) is 17.6 Å². The molecule has 1 saturated heterocycles. The molecule has 1 heterocycles. The second-order valence-electron chi connectivity index (χ2n) is 8.77. The van der Waals surface area contributed by atoms with Gasteiger partial charge in [-0.3, -0.25) is 4.79 Å². The number of epoxide rings is 1. The highest BCUT2D eigenvalue weighted by Gasteiger charge is 2.66. The summed E-state index contributed by atoms with van der Waals surface area (Å²) in [6.07, 6.45) is 9.82. The third kappa shape index (κ3) is 7.36. The summed E-state index contributed by atoms with van der Waals surface area (Å²) in [6.45, 7) is 13.8. The van der Waals surface area contributed by atoms with Crippen LogP contribution in [0.2, 0.25) is 18.1 Å². The molecule has 0 spiro atoms. The van der Waals surface area contributed by atoms with Gasteiger partial charge in [-0.2, -0.15) is 5.26 Å². The zero-order valence-corrected chi connectivity index (χ0v) is 23.1. The topological polar surface area (TPSA) is 88.9 Å². The van der Waals surface area contributed by atoms with Crippen LogP contribution >= 0.6 is 0 Å². The largest absolute Gasteiger partial charge is 0.465 e. The molecular formula is C27H41NO5Si. The molecule has 34 heavy (non-hydrogen) atoms. The monoisotopic (exact) mass is 487 g/mol. The summed E-state index contributed by atoms with van der Waals surface area (Å²) in [5, 5.41) is 9.76. The molecule has 6 nitrogen and oxygen atoms in total. The number of hydrogen-bond donors (Lipinski definition) is 0. The van der Waals surface area contributed by atoms with Crippen molar-refractivity contribution in [2.24, 2.45) is 0 Å². The lowest BCUT2D eigenvalue weighted by atomic mass is 9.93. The van der Waals surface area contributed by atoms with Crippen LogP contribution in [0.25, 0.3) is 0 Å². The average molecular weight is 488 g/mol. The zero-order valence-electron chi connectivity index (χ0n) is 22.1. The Hall–Kier alpha value is -2.27. The van der Waals surface area contributed by atoms with Crippen molar-refractivity contribution in [2.75, 3.05) is 7.11 Å². The van der Waals surface area contributed by atoms with Crippen LogP contribution in [0.15, 0.2) is 47.1 Å². The maximum Gasteiger partial charge on any atom is 0.337 e. The van der Waals surface area contributed by atoms with Crippen molar-refractivity contribution in [1.82, 2.24) is 0 Å². The molecule has 1 rings (SSSR count). The molecule has 0 unspecified atom stereocenters. The summed E-state index contributed by atoms with van der Waals surface area (Å²) in [5.41, 5.74) is 0.527. The van der Waals surface area contributed by atoms with Gasteiger partial charge >= 0.3 is 5.97 Å². The highest BCUT2D eigenvalue weighted by molar-refractivity contribution is 6.73. The minimum absolute atomic E-state index is 0.275. The van der Waals surface area contributed by atoms with Crippen LogP contribution in [0, 0.1) is 11.3 Å². The molecule has 1 aliphatic heterocycles. The second kappa shape index (κ2) is 13.6. The van der Waals surface area contributed by atoms with Crippen molar-refractivity contribution < 1.29 is 23.5 Å². The van der Waals surface area contributed by atoms with Gasteiger partial charge in [-0.05, 0) is 70.3 Å². The van der Waals surface area contributed by atoms with E-state index in [2.05, 4.69) is 26.8 Å². The number of nitrogens with zero attached hydrogens (tertiary/aromatic N) is 1. The quantitative estimate of drug-likeness (QED) is 0.0748. The molecule has 3 atom stereocenters. The van der Waals surface area contributed by atoms with Crippen LogP contribution in [-0.2, 0) is 23.5 Å². The number of allylic oxidation sites excluding steroid dienone is 5. The Morgan fingerprint density at radius 1 is 1.18 bits per heavy atom. The molecule has 0 N–H and O–H groups in total. The molecule has 0 saturated carbocycles. The van der Waals surface area contributed by atoms with E-state index in [4.69, 9.17) is 13.9 Å². The first kappa shape index (κ1) is 29.8. The standard InChI is InChI=1S/C27H41NO5Si/c1-9-23(26(30)31-8)18-20(5)16-14-13-15-17-21(6)24(29)27(19-28)25(32-27)22(7)33-34(10-2,11-3)12-4/h9,14,16-18,22,25H,10-13,15H2,1-8H3/b16-14+,20-18+,21-17+,23-9+/t22-,25-,27-/m0/s1. The van der Waals surface area contributed by atoms with Crippen molar-refractivity contribution in [3.8, 4) is 6.07 Å². The fraction of sp³-hybridized carbons (Fsp3) is 0.593. The van der Waals surface area contributed by atoms with Gasteiger partial charge in [0.15, 0.2) is 8.32 Å². The van der Waals surface area contributed by atoms with Gasteiger partial charge in [0.1, 0.15) is 12.2 Å². The molecule has 0 radical (unpaired) electrons. The Morgan fingerprint density at radius 2 is 1.79 bits per heavy atom. The maximum absolute atomic E-state index is 13.0. The number of esters is 1. The second-order valence-corrected chi connectivity index (χ2v) is 13.5. The smallest absolute Gasteiger partial charge is 0.337 e. The predicted molar refractivity (Wildman–Crippen MR) is 138 cm³/mol. The lowest BCUT2D eigenvalue weighted by molar-refractivity contribution is -0.135. The number of ether oxygens (including phenoxy) is 2. The first-order valence-electron chi connectivity index (χ1n) is 12.2. The predicted octanol–water partition coefficient (Wildman–Crippen LogP) is 5.98. The molecule has 0 aromatic carbocycles. The van der Waals surface area contributed by atoms with Crippen molar-refractivity contribution in [1.29, 1.82) is 5.26 Å². The van der Waals surface area contributed by atoms with Crippen LogP contribution in [0.5, 0.6) is 0 Å². The lowest BCUT2D eigenvalue weighted by Gasteiger charge is -2.31. The number of nitriles is 1. The van der Waals surface area contributed by atoms with Crippen LogP contribution in [0.4, 0.5) is 0 Å². The zero-order chi connectivity index (χ0) is 25.9. The minimum atomic E-state index is -1.86. The molecule has 0 aromatic heterocycles. The van der Waals surface area contributed by atoms with E-state index < -0.39 is 20.0 Å². The number of hydrogen-bond acceptors (Lipinski definition) is 6. The van der Waals surface area contributed by atoms with E-state index in [-0.39, 0.29) is 17.9 Å². The van der Waals surface area contributed by atoms with E-state index in [0.717, 1.165) is 30.1 Å². The molecule has 0 aromatic rings. The van der Waals surface area contributed by atoms with Crippen molar-refractivity contribution in [2.45, 2.75) is 97.2 Å². The highest BCUT2D eigenvalue weighted by atomic mass is 28.4. The Kier molecular flexibility index (Phi) is 11.9. The lowest BCUT2D eigenvalue weighted by Crippen LogP contribution is -2.42. The van der Waals surface area contributed by atoms with E-state index in [1.807, 2.05) is 32.1 Å². The van der Waals surface area contributed by atoms with E-state index in [1.54, 1.807) is 26.0 Å². The Labute approximate surface area is 206 Å². The number of ketones is 1. The van der Waals surface area contributed by atoms with Crippen LogP contribution in [0.3, 0.4) is 0 Å². The van der Waals surface area contributed by atoms with Gasteiger partial charge in [-0.25, -0.2) is 4.79 Å². The van der Waals surface area contributed by atoms with Gasteiger partial charge in [-0.15, -0.1) is 0 Å². The van der Waals surface area contributed by atoms with Gasteiger partial charge < -0.3 is 13.9 Å². The van der Waals surface area contributed by atoms with E-state index in [9.17, 15) is 14.9 Å². The number of rotatable bonds is 14. The Balaban J connectivity index is 2.73. The molecule has 0 amide bonds. The van der Waals surface area contributed by atoms with Gasteiger partial charge in [0.25, 0.3) is 0 Å². The van der Waals surface area contributed by atoms with Gasteiger partial charge in [-0.1, -0.05) is 50.6 Å². The minimum Gasteiger partial charge on any atom is -0.465 e. The molecule has 0 bridgehead atoms. The molecule has 1 aliphatic rings. The van der Waals surface area contributed by atoms with Gasteiger partial charge in [0, 0.05) is 0 Å². The summed E-state index contributed by atoms with van der Waals surface area (Å²) in [6, 6.07) is 5.13. The summed E-state index contributed by atoms with van der Waals surface area (Å²) in [5.74, 6) is -0.644. The molecule has 0 aliphatic carbocycles.